The second kappa shape index (κ2) is 8.89. The highest BCUT2D eigenvalue weighted by Gasteiger charge is 2.28. The molecular formula is C16H24BrNO3S. The Bertz CT molecular complexity index is 524. The molecule has 1 atom stereocenters. The maximum absolute atomic E-state index is 12.6. The number of alkyl halides is 1. The number of nitrogens with zero attached hydrogens (tertiary/aromatic N) is 1. The number of hydrogen-bond acceptors (Lipinski definition) is 3. The van der Waals surface area contributed by atoms with Crippen molar-refractivity contribution >= 4 is 26.9 Å². The van der Waals surface area contributed by atoms with Gasteiger partial charge in [0.05, 0.1) is 19.1 Å². The standard InChI is InChI=1S/C16H24BrNO3S/c1-20-14-10-13-12-18(9-7-5-3-4-6-8-17)22(19)16(13)11-15(14)21-2/h10-11H,3-9,12H2,1-2H3. The third kappa shape index (κ3) is 4.24. The molecule has 0 aliphatic carbocycles. The number of hydrogen-bond donors (Lipinski definition) is 0. The smallest absolute Gasteiger partial charge is 0.161 e. The third-order valence-corrected chi connectivity index (χ3v) is 5.97. The molecule has 1 aromatic rings. The van der Waals surface area contributed by atoms with E-state index in [1.165, 1.54) is 25.7 Å². The van der Waals surface area contributed by atoms with E-state index < -0.39 is 11.0 Å². The molecule has 0 saturated heterocycles. The predicted octanol–water partition coefficient (Wildman–Crippen LogP) is 3.89. The molecule has 0 bridgehead atoms. The minimum atomic E-state index is -1.08. The molecule has 0 spiro atoms. The van der Waals surface area contributed by atoms with Crippen molar-refractivity contribution < 1.29 is 13.7 Å². The third-order valence-electron chi connectivity index (χ3n) is 3.88. The largest absolute Gasteiger partial charge is 0.493 e. The normalized spacial score (nSPS) is 17.5. The lowest BCUT2D eigenvalue weighted by atomic mass is 10.1. The molecule has 0 radical (unpaired) electrons. The van der Waals surface area contributed by atoms with Gasteiger partial charge < -0.3 is 9.47 Å². The SMILES string of the molecule is COc1cc2c(cc1OC)S(=O)N(CCCCCCCBr)C2. The molecule has 4 nitrogen and oxygen atoms in total. The van der Waals surface area contributed by atoms with Crippen LogP contribution in [0.5, 0.6) is 11.5 Å². The van der Waals surface area contributed by atoms with Crippen LogP contribution in [0.15, 0.2) is 17.0 Å². The van der Waals surface area contributed by atoms with Crippen molar-refractivity contribution in [1.29, 1.82) is 0 Å². The van der Waals surface area contributed by atoms with Gasteiger partial charge in [0.15, 0.2) is 11.5 Å². The summed E-state index contributed by atoms with van der Waals surface area (Å²) < 4.78 is 25.2. The van der Waals surface area contributed by atoms with Crippen molar-refractivity contribution in [2.45, 2.75) is 43.5 Å². The molecule has 1 aliphatic heterocycles. The average molecular weight is 390 g/mol. The van der Waals surface area contributed by atoms with Crippen LogP contribution in [0.4, 0.5) is 0 Å². The van der Waals surface area contributed by atoms with Gasteiger partial charge >= 0.3 is 0 Å². The summed E-state index contributed by atoms with van der Waals surface area (Å²) in [6.45, 7) is 1.60. The highest BCUT2D eigenvalue weighted by molar-refractivity contribution is 9.09. The number of methoxy groups -OCH3 is 2. The monoisotopic (exact) mass is 389 g/mol. The minimum Gasteiger partial charge on any atom is -0.493 e. The van der Waals surface area contributed by atoms with Gasteiger partial charge in [-0.1, -0.05) is 35.2 Å². The molecule has 6 heteroatoms. The van der Waals surface area contributed by atoms with E-state index in [4.69, 9.17) is 9.47 Å². The Balaban J connectivity index is 1.91. The zero-order valence-electron chi connectivity index (χ0n) is 13.3. The maximum Gasteiger partial charge on any atom is 0.161 e. The second-order valence-corrected chi connectivity index (χ2v) is 7.63. The molecule has 0 saturated carbocycles. The van der Waals surface area contributed by atoms with Crippen molar-refractivity contribution in [3.05, 3.63) is 17.7 Å². The van der Waals surface area contributed by atoms with Crippen LogP contribution < -0.4 is 9.47 Å². The van der Waals surface area contributed by atoms with Crippen LogP contribution >= 0.6 is 15.9 Å². The first-order chi connectivity index (χ1) is 10.7. The average Bonchev–Trinajstić information content (AvgIpc) is 2.85. The van der Waals surface area contributed by atoms with Gasteiger partial charge in [0, 0.05) is 24.5 Å². The number of halogens is 1. The van der Waals surface area contributed by atoms with E-state index in [0.29, 0.717) is 11.5 Å². The highest BCUT2D eigenvalue weighted by Crippen LogP contribution is 2.37. The van der Waals surface area contributed by atoms with Crippen LogP contribution in [0, 0.1) is 0 Å². The highest BCUT2D eigenvalue weighted by atomic mass is 79.9. The summed E-state index contributed by atoms with van der Waals surface area (Å²) in [7, 11) is 2.15. The lowest BCUT2D eigenvalue weighted by Crippen LogP contribution is -2.20. The van der Waals surface area contributed by atoms with E-state index in [1.54, 1.807) is 14.2 Å². The van der Waals surface area contributed by atoms with Crippen LogP contribution in [0.3, 0.4) is 0 Å². The number of fused-ring (bicyclic) bond motifs is 1. The Hall–Kier alpha value is -0.590. The van der Waals surface area contributed by atoms with Crippen molar-refractivity contribution in [2.24, 2.45) is 0 Å². The molecule has 0 amide bonds. The van der Waals surface area contributed by atoms with Crippen molar-refractivity contribution in [3.8, 4) is 11.5 Å². The Morgan fingerprint density at radius 1 is 1.09 bits per heavy atom. The first kappa shape index (κ1) is 17.8. The molecule has 22 heavy (non-hydrogen) atoms. The number of rotatable bonds is 9. The number of benzene rings is 1. The van der Waals surface area contributed by atoms with Crippen molar-refractivity contribution in [2.75, 3.05) is 26.1 Å². The van der Waals surface area contributed by atoms with Gasteiger partial charge in [-0.2, -0.15) is 0 Å². The Morgan fingerprint density at radius 2 is 1.73 bits per heavy atom. The van der Waals surface area contributed by atoms with Gasteiger partial charge in [-0.25, -0.2) is 8.51 Å². The van der Waals surface area contributed by atoms with Crippen LogP contribution in [0.1, 0.15) is 37.7 Å². The van der Waals surface area contributed by atoms with E-state index in [9.17, 15) is 4.21 Å². The Morgan fingerprint density at radius 3 is 2.41 bits per heavy atom. The molecule has 1 unspecified atom stereocenters. The number of ether oxygens (including phenoxy) is 2. The lowest BCUT2D eigenvalue weighted by Gasteiger charge is -2.12. The first-order valence-corrected chi connectivity index (χ1v) is 9.91. The summed E-state index contributed by atoms with van der Waals surface area (Å²) in [6.07, 6.45) is 6.05. The lowest BCUT2D eigenvalue weighted by molar-refractivity contribution is 0.353. The summed E-state index contributed by atoms with van der Waals surface area (Å²) in [5, 5.41) is 1.09. The molecule has 0 aromatic heterocycles. The fraction of sp³-hybridized carbons (Fsp3) is 0.625. The fourth-order valence-electron chi connectivity index (χ4n) is 2.65. The van der Waals surface area contributed by atoms with Crippen LogP contribution in [0.25, 0.3) is 0 Å². The van der Waals surface area contributed by atoms with E-state index in [-0.39, 0.29) is 0 Å². The molecule has 124 valence electrons. The van der Waals surface area contributed by atoms with Gasteiger partial charge in [0.25, 0.3) is 0 Å². The van der Waals surface area contributed by atoms with Gasteiger partial charge in [0.1, 0.15) is 11.0 Å². The Labute approximate surface area is 143 Å². The molecule has 0 N–H and O–H groups in total. The van der Waals surface area contributed by atoms with E-state index in [1.807, 2.05) is 16.4 Å². The fourth-order valence-corrected chi connectivity index (χ4v) is 4.43. The molecule has 2 rings (SSSR count). The van der Waals surface area contributed by atoms with Crippen LogP contribution in [0.2, 0.25) is 0 Å². The van der Waals surface area contributed by atoms with Gasteiger partial charge in [0.2, 0.25) is 0 Å². The van der Waals surface area contributed by atoms with Crippen molar-refractivity contribution in [1.82, 2.24) is 4.31 Å². The first-order valence-electron chi connectivity index (χ1n) is 7.69. The molecule has 0 fully saturated rings. The second-order valence-electron chi connectivity index (χ2n) is 5.38. The quantitative estimate of drug-likeness (QED) is 0.474. The van der Waals surface area contributed by atoms with Gasteiger partial charge in [-0.05, 0) is 24.5 Å². The zero-order chi connectivity index (χ0) is 15.9. The van der Waals surface area contributed by atoms with Crippen molar-refractivity contribution in [3.63, 3.8) is 0 Å². The summed E-state index contributed by atoms with van der Waals surface area (Å²) in [6, 6.07) is 3.79. The van der Waals surface area contributed by atoms with Crippen LogP contribution in [-0.4, -0.2) is 34.6 Å². The molecule has 1 aliphatic rings. The number of unbranched alkanes of at least 4 members (excludes halogenated alkanes) is 4. The van der Waals surface area contributed by atoms with E-state index in [2.05, 4.69) is 15.9 Å². The Kier molecular flexibility index (Phi) is 7.18. The topological polar surface area (TPSA) is 38.8 Å². The van der Waals surface area contributed by atoms with Crippen LogP contribution in [-0.2, 0) is 17.5 Å². The summed E-state index contributed by atoms with van der Waals surface area (Å²) in [5.74, 6) is 1.35. The van der Waals surface area contributed by atoms with E-state index in [0.717, 1.165) is 35.3 Å². The van der Waals surface area contributed by atoms with Gasteiger partial charge in [-0.3, -0.25) is 0 Å². The summed E-state index contributed by atoms with van der Waals surface area (Å²) >= 11 is 3.45. The van der Waals surface area contributed by atoms with Gasteiger partial charge in [-0.15, -0.1) is 0 Å². The zero-order valence-corrected chi connectivity index (χ0v) is 15.7. The summed E-state index contributed by atoms with van der Waals surface area (Å²) in [5.41, 5.74) is 1.08. The van der Waals surface area contributed by atoms with E-state index >= 15 is 0 Å². The molecule has 1 heterocycles. The minimum absolute atomic E-state index is 0.645. The molecule has 1 aromatic carbocycles. The maximum atomic E-state index is 12.6. The predicted molar refractivity (Wildman–Crippen MR) is 93.2 cm³/mol. The molecular weight excluding hydrogens is 366 g/mol. The summed E-state index contributed by atoms with van der Waals surface area (Å²) in [4.78, 5) is 0.858.